The standard InChI is InChI=1S/C18H21ClN4O/c1-13-11-17(23-9-5-2-6-10-23)22-16(21-13)12-20-18(24)14-7-3-4-8-15(14)19/h3-4,7-8,11H,2,5-6,9-10,12H2,1H3,(H,20,24). The molecular formula is C18H21ClN4O. The van der Waals surface area contributed by atoms with E-state index in [9.17, 15) is 4.79 Å². The fourth-order valence-corrected chi connectivity index (χ4v) is 3.10. The molecule has 6 heteroatoms. The van der Waals surface area contributed by atoms with Crippen LogP contribution in [-0.4, -0.2) is 29.0 Å². The number of halogens is 1. The number of piperidine rings is 1. The molecule has 126 valence electrons. The largest absolute Gasteiger partial charge is 0.357 e. The number of hydrogen-bond donors (Lipinski definition) is 1. The first-order valence-corrected chi connectivity index (χ1v) is 8.63. The molecule has 0 saturated carbocycles. The highest BCUT2D eigenvalue weighted by molar-refractivity contribution is 6.33. The third kappa shape index (κ3) is 4.03. The van der Waals surface area contributed by atoms with Gasteiger partial charge < -0.3 is 10.2 Å². The first kappa shape index (κ1) is 16.7. The molecule has 3 rings (SSSR count). The summed E-state index contributed by atoms with van der Waals surface area (Å²) in [5.41, 5.74) is 1.37. The molecule has 0 atom stereocenters. The van der Waals surface area contributed by atoms with E-state index in [2.05, 4.69) is 20.2 Å². The number of hydrogen-bond acceptors (Lipinski definition) is 4. The number of amides is 1. The summed E-state index contributed by atoms with van der Waals surface area (Å²) < 4.78 is 0. The van der Waals surface area contributed by atoms with E-state index in [1.165, 1.54) is 19.3 Å². The summed E-state index contributed by atoms with van der Waals surface area (Å²) in [4.78, 5) is 23.6. The number of aromatic nitrogens is 2. The van der Waals surface area contributed by atoms with Gasteiger partial charge in [0.05, 0.1) is 17.1 Å². The molecule has 1 aromatic carbocycles. The Morgan fingerprint density at radius 3 is 2.71 bits per heavy atom. The van der Waals surface area contributed by atoms with E-state index < -0.39 is 0 Å². The van der Waals surface area contributed by atoms with Gasteiger partial charge in [-0.2, -0.15) is 0 Å². The van der Waals surface area contributed by atoms with Gasteiger partial charge in [-0.25, -0.2) is 9.97 Å². The van der Waals surface area contributed by atoms with E-state index in [-0.39, 0.29) is 12.5 Å². The van der Waals surface area contributed by atoms with Crippen molar-refractivity contribution in [2.45, 2.75) is 32.7 Å². The minimum atomic E-state index is -0.217. The van der Waals surface area contributed by atoms with Crippen molar-refractivity contribution in [1.29, 1.82) is 0 Å². The predicted octanol–water partition coefficient (Wildman–Crippen LogP) is 3.36. The van der Waals surface area contributed by atoms with Gasteiger partial charge in [-0.1, -0.05) is 23.7 Å². The van der Waals surface area contributed by atoms with Gasteiger partial charge in [-0.15, -0.1) is 0 Å². The van der Waals surface area contributed by atoms with Crippen LogP contribution in [0.5, 0.6) is 0 Å². The number of benzene rings is 1. The zero-order valence-corrected chi connectivity index (χ0v) is 14.5. The molecule has 1 fully saturated rings. The van der Waals surface area contributed by atoms with Crippen molar-refractivity contribution < 1.29 is 4.79 Å². The first-order chi connectivity index (χ1) is 11.6. The van der Waals surface area contributed by atoms with E-state index in [4.69, 9.17) is 11.6 Å². The SMILES string of the molecule is Cc1cc(N2CCCCC2)nc(CNC(=O)c2ccccc2Cl)n1. The van der Waals surface area contributed by atoms with Crippen LogP contribution >= 0.6 is 11.6 Å². The first-order valence-electron chi connectivity index (χ1n) is 8.26. The normalized spacial score (nSPS) is 14.5. The summed E-state index contributed by atoms with van der Waals surface area (Å²) in [6.45, 7) is 4.30. The fraction of sp³-hybridized carbons (Fsp3) is 0.389. The number of nitrogens with zero attached hydrogens (tertiary/aromatic N) is 3. The Balaban J connectivity index is 1.70. The summed E-state index contributed by atoms with van der Waals surface area (Å²) in [5.74, 6) is 1.35. The summed E-state index contributed by atoms with van der Waals surface area (Å²) in [5, 5.41) is 3.29. The maximum absolute atomic E-state index is 12.2. The van der Waals surface area contributed by atoms with Gasteiger partial charge in [0.15, 0.2) is 0 Å². The third-order valence-electron chi connectivity index (χ3n) is 4.09. The average molecular weight is 345 g/mol. The van der Waals surface area contributed by atoms with Crippen molar-refractivity contribution in [3.05, 3.63) is 52.4 Å². The Morgan fingerprint density at radius 1 is 1.21 bits per heavy atom. The predicted molar refractivity (Wildman–Crippen MR) is 95.5 cm³/mol. The molecule has 1 aromatic heterocycles. The number of carbonyl (C=O) groups is 1. The van der Waals surface area contributed by atoms with Crippen LogP contribution in [0.3, 0.4) is 0 Å². The Kier molecular flexibility index (Phi) is 5.30. The molecule has 0 aliphatic carbocycles. The maximum atomic E-state index is 12.2. The number of aryl methyl sites for hydroxylation is 1. The van der Waals surface area contributed by atoms with Gasteiger partial charge in [0, 0.05) is 24.8 Å². The zero-order valence-electron chi connectivity index (χ0n) is 13.8. The van der Waals surface area contributed by atoms with Gasteiger partial charge in [0.25, 0.3) is 5.91 Å². The van der Waals surface area contributed by atoms with Crippen LogP contribution in [0.1, 0.15) is 41.1 Å². The highest BCUT2D eigenvalue weighted by Crippen LogP contribution is 2.19. The molecule has 1 aliphatic heterocycles. The minimum Gasteiger partial charge on any atom is -0.357 e. The van der Waals surface area contributed by atoms with Crippen molar-refractivity contribution in [3.8, 4) is 0 Å². The van der Waals surface area contributed by atoms with Crippen LogP contribution < -0.4 is 10.2 Å². The van der Waals surface area contributed by atoms with Crippen molar-refractivity contribution in [2.75, 3.05) is 18.0 Å². The van der Waals surface area contributed by atoms with Crippen LogP contribution in [0, 0.1) is 6.92 Å². The topological polar surface area (TPSA) is 58.1 Å². The molecule has 0 unspecified atom stereocenters. The average Bonchev–Trinajstić information content (AvgIpc) is 2.60. The summed E-state index contributed by atoms with van der Waals surface area (Å²) in [6.07, 6.45) is 3.67. The smallest absolute Gasteiger partial charge is 0.253 e. The zero-order chi connectivity index (χ0) is 16.9. The Labute approximate surface area is 147 Å². The van der Waals surface area contributed by atoms with Crippen LogP contribution in [0.15, 0.2) is 30.3 Å². The van der Waals surface area contributed by atoms with Crippen molar-refractivity contribution >= 4 is 23.3 Å². The lowest BCUT2D eigenvalue weighted by Gasteiger charge is -2.28. The van der Waals surface area contributed by atoms with E-state index >= 15 is 0 Å². The lowest BCUT2D eigenvalue weighted by atomic mass is 10.1. The van der Waals surface area contributed by atoms with Crippen LogP contribution in [0.4, 0.5) is 5.82 Å². The number of rotatable bonds is 4. The fourth-order valence-electron chi connectivity index (χ4n) is 2.88. The van der Waals surface area contributed by atoms with Gasteiger partial charge in [0.2, 0.25) is 0 Å². The van der Waals surface area contributed by atoms with Crippen molar-refractivity contribution in [1.82, 2.24) is 15.3 Å². The van der Waals surface area contributed by atoms with Gasteiger partial charge >= 0.3 is 0 Å². The van der Waals surface area contributed by atoms with Gasteiger partial charge in [-0.05, 0) is 38.3 Å². The molecule has 0 bridgehead atoms. The molecule has 0 spiro atoms. The summed E-state index contributed by atoms with van der Waals surface area (Å²) in [7, 11) is 0. The molecule has 1 aliphatic rings. The second-order valence-corrected chi connectivity index (χ2v) is 6.40. The Hall–Kier alpha value is -2.14. The van der Waals surface area contributed by atoms with Gasteiger partial charge in [-0.3, -0.25) is 4.79 Å². The molecule has 2 aromatic rings. The summed E-state index contributed by atoms with van der Waals surface area (Å²) >= 11 is 6.05. The molecule has 1 amide bonds. The van der Waals surface area contributed by atoms with Crippen LogP contribution in [0.2, 0.25) is 5.02 Å². The highest BCUT2D eigenvalue weighted by atomic mass is 35.5. The second-order valence-electron chi connectivity index (χ2n) is 5.99. The molecule has 2 heterocycles. The van der Waals surface area contributed by atoms with Crippen LogP contribution in [-0.2, 0) is 6.54 Å². The molecule has 5 nitrogen and oxygen atoms in total. The molecule has 24 heavy (non-hydrogen) atoms. The lowest BCUT2D eigenvalue weighted by Crippen LogP contribution is -2.31. The van der Waals surface area contributed by atoms with Crippen molar-refractivity contribution in [2.24, 2.45) is 0 Å². The maximum Gasteiger partial charge on any atom is 0.253 e. The van der Waals surface area contributed by atoms with Crippen LogP contribution in [0.25, 0.3) is 0 Å². The molecule has 1 N–H and O–H groups in total. The van der Waals surface area contributed by atoms with Gasteiger partial charge in [0.1, 0.15) is 11.6 Å². The Morgan fingerprint density at radius 2 is 1.96 bits per heavy atom. The summed E-state index contributed by atoms with van der Waals surface area (Å²) in [6, 6.07) is 9.00. The van der Waals surface area contributed by atoms with E-state index in [1.807, 2.05) is 13.0 Å². The van der Waals surface area contributed by atoms with E-state index in [1.54, 1.807) is 24.3 Å². The quantitative estimate of drug-likeness (QED) is 0.924. The monoisotopic (exact) mass is 344 g/mol. The van der Waals surface area contributed by atoms with E-state index in [0.717, 1.165) is 24.6 Å². The van der Waals surface area contributed by atoms with Crippen molar-refractivity contribution in [3.63, 3.8) is 0 Å². The van der Waals surface area contributed by atoms with E-state index in [0.29, 0.717) is 16.4 Å². The number of nitrogens with one attached hydrogen (secondary N) is 1. The molecular weight excluding hydrogens is 324 g/mol. The number of carbonyl (C=O) groups excluding carboxylic acids is 1. The lowest BCUT2D eigenvalue weighted by molar-refractivity contribution is 0.0950. The third-order valence-corrected chi connectivity index (χ3v) is 4.42. The minimum absolute atomic E-state index is 0.217. The highest BCUT2D eigenvalue weighted by Gasteiger charge is 2.15. The Bertz CT molecular complexity index is 729. The molecule has 0 radical (unpaired) electrons. The number of anilines is 1. The molecule has 1 saturated heterocycles. The second kappa shape index (κ2) is 7.62.